The molecule has 0 N–H and O–H groups in total. The monoisotopic (exact) mass is 694 g/mol. The first-order valence-electron chi connectivity index (χ1n) is 18.9. The van der Waals surface area contributed by atoms with Crippen LogP contribution in [0.25, 0.3) is 44.2 Å². The van der Waals surface area contributed by atoms with Gasteiger partial charge in [-0.15, -0.1) is 0 Å². The second kappa shape index (κ2) is 11.7. The SMILES string of the molecule is CC1(C)c2cc(-c3ccc4oc5ccccc5c4c3)ccc2-c2ccc(N(c3ccccc3)c3ccc4c(c3)C3C=CC=CC3N4c3ccccc3)cc21. The molecule has 0 bridgehead atoms. The van der Waals surface area contributed by atoms with Gasteiger partial charge in [-0.3, -0.25) is 0 Å². The van der Waals surface area contributed by atoms with Gasteiger partial charge in [-0.1, -0.05) is 117 Å². The van der Waals surface area contributed by atoms with E-state index in [-0.39, 0.29) is 17.4 Å². The number of hydrogen-bond acceptors (Lipinski definition) is 3. The molecular formula is C51H38N2O. The van der Waals surface area contributed by atoms with Gasteiger partial charge in [-0.25, -0.2) is 0 Å². The predicted octanol–water partition coefficient (Wildman–Crippen LogP) is 13.8. The number of nitrogens with zero attached hydrogens (tertiary/aromatic N) is 2. The van der Waals surface area contributed by atoms with E-state index in [1.54, 1.807) is 0 Å². The van der Waals surface area contributed by atoms with Crippen molar-refractivity contribution < 1.29 is 4.42 Å². The number of rotatable bonds is 5. The number of furan rings is 1. The van der Waals surface area contributed by atoms with Crippen molar-refractivity contribution in [2.75, 3.05) is 9.80 Å². The highest BCUT2D eigenvalue weighted by molar-refractivity contribution is 6.06. The Morgan fingerprint density at radius 1 is 0.537 bits per heavy atom. The zero-order valence-corrected chi connectivity index (χ0v) is 30.3. The molecule has 2 heterocycles. The van der Waals surface area contributed by atoms with Gasteiger partial charge in [0.15, 0.2) is 0 Å². The quantitative estimate of drug-likeness (QED) is 0.179. The lowest BCUT2D eigenvalue weighted by Crippen LogP contribution is -2.28. The molecule has 0 saturated heterocycles. The fourth-order valence-electron chi connectivity index (χ4n) is 9.33. The Bertz CT molecular complexity index is 2830. The summed E-state index contributed by atoms with van der Waals surface area (Å²) in [6, 6.07) is 57.9. The Labute approximate surface area is 315 Å². The van der Waals surface area contributed by atoms with Crippen LogP contribution in [0, 0.1) is 0 Å². The molecule has 2 aliphatic carbocycles. The summed E-state index contributed by atoms with van der Waals surface area (Å²) in [7, 11) is 0. The van der Waals surface area contributed by atoms with Gasteiger partial charge in [0, 0.05) is 50.5 Å². The molecule has 1 aliphatic heterocycles. The first kappa shape index (κ1) is 31.0. The molecule has 0 fully saturated rings. The lowest BCUT2D eigenvalue weighted by molar-refractivity contribution is 0.660. The normalized spacial score (nSPS) is 17.4. The average molecular weight is 695 g/mol. The van der Waals surface area contributed by atoms with Crippen LogP contribution >= 0.6 is 0 Å². The largest absolute Gasteiger partial charge is 0.456 e. The van der Waals surface area contributed by atoms with Crippen molar-refractivity contribution in [3.63, 3.8) is 0 Å². The number of hydrogen-bond donors (Lipinski definition) is 0. The van der Waals surface area contributed by atoms with E-state index in [4.69, 9.17) is 4.42 Å². The molecule has 54 heavy (non-hydrogen) atoms. The molecule has 0 saturated carbocycles. The average Bonchev–Trinajstić information content (AvgIpc) is 3.83. The molecule has 8 aromatic rings. The highest BCUT2D eigenvalue weighted by Gasteiger charge is 2.39. The highest BCUT2D eigenvalue weighted by Crippen LogP contribution is 2.53. The van der Waals surface area contributed by atoms with E-state index in [9.17, 15) is 0 Å². The van der Waals surface area contributed by atoms with Gasteiger partial charge in [-0.2, -0.15) is 0 Å². The van der Waals surface area contributed by atoms with Crippen LogP contribution in [0.15, 0.2) is 186 Å². The van der Waals surface area contributed by atoms with Crippen LogP contribution in [0.5, 0.6) is 0 Å². The Balaban J connectivity index is 1.00. The number of benzene rings is 7. The summed E-state index contributed by atoms with van der Waals surface area (Å²) in [5, 5.41) is 2.31. The van der Waals surface area contributed by atoms with E-state index in [0.29, 0.717) is 0 Å². The Kier molecular flexibility index (Phi) is 6.72. The van der Waals surface area contributed by atoms with Gasteiger partial charge >= 0.3 is 0 Å². The smallest absolute Gasteiger partial charge is 0.135 e. The number of anilines is 5. The van der Waals surface area contributed by atoms with E-state index in [1.165, 1.54) is 50.3 Å². The van der Waals surface area contributed by atoms with Crippen LogP contribution in [0.1, 0.15) is 36.5 Å². The van der Waals surface area contributed by atoms with E-state index in [1.807, 2.05) is 12.1 Å². The second-order valence-electron chi connectivity index (χ2n) is 15.3. The molecule has 0 spiro atoms. The van der Waals surface area contributed by atoms with Crippen LogP contribution in [-0.4, -0.2) is 6.04 Å². The van der Waals surface area contributed by atoms with Crippen LogP contribution in [0.4, 0.5) is 28.4 Å². The maximum atomic E-state index is 6.14. The topological polar surface area (TPSA) is 19.6 Å². The molecule has 2 unspecified atom stereocenters. The zero-order valence-electron chi connectivity index (χ0n) is 30.3. The maximum absolute atomic E-state index is 6.14. The Hall–Kier alpha value is -6.58. The summed E-state index contributed by atoms with van der Waals surface area (Å²) in [6.07, 6.45) is 9.09. The molecule has 3 heteroatoms. The molecule has 3 nitrogen and oxygen atoms in total. The van der Waals surface area contributed by atoms with Gasteiger partial charge in [-0.05, 0) is 118 Å². The Morgan fingerprint density at radius 3 is 2.04 bits per heavy atom. The fraction of sp³-hybridized carbons (Fsp3) is 0.0980. The van der Waals surface area contributed by atoms with Crippen molar-refractivity contribution in [1.82, 2.24) is 0 Å². The Morgan fingerprint density at radius 2 is 1.19 bits per heavy atom. The molecule has 1 aromatic heterocycles. The van der Waals surface area contributed by atoms with Gasteiger partial charge in [0.25, 0.3) is 0 Å². The fourth-order valence-corrected chi connectivity index (χ4v) is 9.33. The summed E-state index contributed by atoms with van der Waals surface area (Å²) in [4.78, 5) is 4.92. The maximum Gasteiger partial charge on any atom is 0.135 e. The van der Waals surface area contributed by atoms with Gasteiger partial charge in [0.05, 0.1) is 6.04 Å². The van der Waals surface area contributed by atoms with Gasteiger partial charge in [0.2, 0.25) is 0 Å². The molecular weight excluding hydrogens is 657 g/mol. The van der Waals surface area contributed by atoms with E-state index >= 15 is 0 Å². The van der Waals surface area contributed by atoms with Crippen LogP contribution in [0.2, 0.25) is 0 Å². The van der Waals surface area contributed by atoms with E-state index in [2.05, 4.69) is 194 Å². The van der Waals surface area contributed by atoms with Crippen molar-refractivity contribution >= 4 is 50.4 Å². The molecule has 258 valence electrons. The van der Waals surface area contributed by atoms with Crippen molar-refractivity contribution in [3.8, 4) is 22.3 Å². The highest BCUT2D eigenvalue weighted by atomic mass is 16.3. The molecule has 0 radical (unpaired) electrons. The third kappa shape index (κ3) is 4.61. The van der Waals surface area contributed by atoms with E-state index < -0.39 is 0 Å². The standard InChI is InChI=1S/C51H38N2O/c1-51(2)45-30-34(33-22-28-50-44(29-33)42-18-10-12-20-49(42)54-50)21-25-39(45)40-26-23-38(32-46(40)51)52(35-13-5-3-6-14-35)37-24-27-48-43(31-37)41-17-9-11-19-47(41)53(48)36-15-7-4-8-16-36/h3-32,41,47H,1-2H3. The van der Waals surface area contributed by atoms with Gasteiger partial charge in [0.1, 0.15) is 11.2 Å². The molecule has 11 rings (SSSR count). The lowest BCUT2D eigenvalue weighted by Gasteiger charge is -2.29. The first-order valence-corrected chi connectivity index (χ1v) is 18.9. The first-order chi connectivity index (χ1) is 26.5. The van der Waals surface area contributed by atoms with Crippen molar-refractivity contribution in [1.29, 1.82) is 0 Å². The molecule has 2 atom stereocenters. The van der Waals surface area contributed by atoms with Crippen molar-refractivity contribution in [2.24, 2.45) is 0 Å². The number of fused-ring (bicyclic) bond motifs is 9. The molecule has 7 aromatic carbocycles. The second-order valence-corrected chi connectivity index (χ2v) is 15.3. The predicted molar refractivity (Wildman–Crippen MR) is 225 cm³/mol. The van der Waals surface area contributed by atoms with E-state index in [0.717, 1.165) is 39.0 Å². The molecule has 0 amide bonds. The van der Waals surface area contributed by atoms with Crippen LogP contribution in [-0.2, 0) is 5.41 Å². The summed E-state index contributed by atoms with van der Waals surface area (Å²) in [5.41, 5.74) is 16.7. The number of allylic oxidation sites excluding steroid dienone is 2. The van der Waals surface area contributed by atoms with Crippen LogP contribution < -0.4 is 9.80 Å². The third-order valence-corrected chi connectivity index (χ3v) is 12.0. The minimum atomic E-state index is -0.188. The van der Waals surface area contributed by atoms with Gasteiger partial charge < -0.3 is 14.2 Å². The summed E-state index contributed by atoms with van der Waals surface area (Å²) < 4.78 is 6.14. The molecule has 3 aliphatic rings. The lowest BCUT2D eigenvalue weighted by atomic mass is 9.81. The summed E-state index contributed by atoms with van der Waals surface area (Å²) in [6.45, 7) is 4.75. The number of para-hydroxylation sites is 3. The van der Waals surface area contributed by atoms with Crippen molar-refractivity contribution in [2.45, 2.75) is 31.2 Å². The summed E-state index contributed by atoms with van der Waals surface area (Å²) >= 11 is 0. The summed E-state index contributed by atoms with van der Waals surface area (Å²) in [5.74, 6) is 0.276. The zero-order chi connectivity index (χ0) is 36.0. The third-order valence-electron chi connectivity index (χ3n) is 12.0. The minimum absolute atomic E-state index is 0.188. The van der Waals surface area contributed by atoms with Crippen LogP contribution in [0.3, 0.4) is 0 Å². The minimum Gasteiger partial charge on any atom is -0.456 e. The van der Waals surface area contributed by atoms with Crippen molar-refractivity contribution in [3.05, 3.63) is 199 Å².